The van der Waals surface area contributed by atoms with Crippen molar-refractivity contribution in [2.24, 2.45) is 0 Å². The summed E-state index contributed by atoms with van der Waals surface area (Å²) in [7, 11) is 0. The number of rotatable bonds is 4. The number of nitro groups is 1. The topological polar surface area (TPSA) is 82.3 Å². The lowest BCUT2D eigenvalue weighted by atomic mass is 10.2. The average molecular weight is 264 g/mol. The molecule has 0 aliphatic rings. The van der Waals surface area contributed by atoms with Crippen molar-refractivity contribution in [1.29, 1.82) is 0 Å². The zero-order chi connectivity index (χ0) is 13.1. The van der Waals surface area contributed by atoms with Gasteiger partial charge >= 0.3 is 5.88 Å². The molecule has 18 heavy (non-hydrogen) atoms. The zero-order valence-corrected chi connectivity index (χ0v) is 10.6. The van der Waals surface area contributed by atoms with Gasteiger partial charge in [0, 0.05) is 10.6 Å². The Kier molecular flexibility index (Phi) is 3.57. The SMILES string of the molecule is Cc1ccc(SCc2ccc([N+](=O)[O-])o2)c(N)c1. The Morgan fingerprint density at radius 1 is 1.39 bits per heavy atom. The minimum Gasteiger partial charge on any atom is -0.405 e. The van der Waals surface area contributed by atoms with Gasteiger partial charge in [-0.2, -0.15) is 0 Å². The highest BCUT2D eigenvalue weighted by Crippen LogP contribution is 2.30. The molecule has 94 valence electrons. The molecule has 0 saturated heterocycles. The van der Waals surface area contributed by atoms with E-state index in [0.29, 0.717) is 17.2 Å². The van der Waals surface area contributed by atoms with Gasteiger partial charge in [0.15, 0.2) is 0 Å². The van der Waals surface area contributed by atoms with Crippen molar-refractivity contribution in [1.82, 2.24) is 0 Å². The summed E-state index contributed by atoms with van der Waals surface area (Å²) in [5.74, 6) is 0.843. The molecule has 0 fully saturated rings. The molecule has 0 aliphatic carbocycles. The summed E-state index contributed by atoms with van der Waals surface area (Å²) < 4.78 is 5.07. The first-order chi connectivity index (χ1) is 8.56. The molecular formula is C12H12N2O3S. The monoisotopic (exact) mass is 264 g/mol. The quantitative estimate of drug-likeness (QED) is 0.396. The Morgan fingerprint density at radius 2 is 2.17 bits per heavy atom. The molecule has 5 nitrogen and oxygen atoms in total. The van der Waals surface area contributed by atoms with Crippen LogP contribution in [-0.2, 0) is 5.75 Å². The van der Waals surface area contributed by atoms with Crippen LogP contribution < -0.4 is 5.73 Å². The van der Waals surface area contributed by atoms with Gasteiger partial charge in [0.05, 0.1) is 11.8 Å². The molecule has 6 heteroatoms. The number of furan rings is 1. The summed E-state index contributed by atoms with van der Waals surface area (Å²) in [4.78, 5) is 10.9. The summed E-state index contributed by atoms with van der Waals surface area (Å²) in [5.41, 5.74) is 7.69. The maximum atomic E-state index is 10.5. The molecule has 0 atom stereocenters. The van der Waals surface area contributed by atoms with Crippen LogP contribution in [0, 0.1) is 17.0 Å². The lowest BCUT2D eigenvalue weighted by Crippen LogP contribution is -1.89. The normalized spacial score (nSPS) is 10.5. The van der Waals surface area contributed by atoms with E-state index < -0.39 is 4.92 Å². The van der Waals surface area contributed by atoms with Crippen molar-refractivity contribution < 1.29 is 9.34 Å². The molecule has 0 bridgehead atoms. The van der Waals surface area contributed by atoms with Gasteiger partial charge < -0.3 is 10.2 Å². The standard InChI is InChI=1S/C12H12N2O3S/c1-8-2-4-11(10(13)6-8)18-7-9-3-5-12(17-9)14(15)16/h2-6H,7,13H2,1H3. The minimum atomic E-state index is -0.547. The summed E-state index contributed by atoms with van der Waals surface area (Å²) in [6.07, 6.45) is 0. The third kappa shape index (κ3) is 2.84. The Morgan fingerprint density at radius 3 is 2.78 bits per heavy atom. The van der Waals surface area contributed by atoms with Gasteiger partial charge in [-0.25, -0.2) is 0 Å². The zero-order valence-electron chi connectivity index (χ0n) is 9.75. The van der Waals surface area contributed by atoms with Crippen molar-refractivity contribution >= 4 is 23.3 Å². The highest BCUT2D eigenvalue weighted by Gasteiger charge is 2.12. The van der Waals surface area contributed by atoms with E-state index in [-0.39, 0.29) is 5.88 Å². The first kappa shape index (κ1) is 12.5. The van der Waals surface area contributed by atoms with Crippen LogP contribution in [0.5, 0.6) is 0 Å². The Hall–Kier alpha value is -1.95. The molecule has 1 heterocycles. The van der Waals surface area contributed by atoms with Crippen molar-refractivity contribution in [3.05, 3.63) is 51.8 Å². The van der Waals surface area contributed by atoms with Crippen LogP contribution in [0.15, 0.2) is 39.6 Å². The predicted octanol–water partition coefficient (Wildman–Crippen LogP) is 3.37. The van der Waals surface area contributed by atoms with E-state index in [1.165, 1.54) is 17.8 Å². The minimum absolute atomic E-state index is 0.234. The molecule has 1 aromatic carbocycles. The molecule has 0 amide bonds. The van der Waals surface area contributed by atoms with E-state index in [9.17, 15) is 10.1 Å². The summed E-state index contributed by atoms with van der Waals surface area (Å²) in [6, 6.07) is 8.77. The molecule has 0 spiro atoms. The Balaban J connectivity index is 2.04. The number of nitrogen functional groups attached to an aromatic ring is 1. The van der Waals surface area contributed by atoms with Crippen LogP contribution in [0.2, 0.25) is 0 Å². The Bertz CT molecular complexity index is 580. The van der Waals surface area contributed by atoms with E-state index in [4.69, 9.17) is 10.2 Å². The number of nitrogens with zero attached hydrogens (tertiary/aromatic N) is 1. The maximum Gasteiger partial charge on any atom is 0.433 e. The van der Waals surface area contributed by atoms with Crippen molar-refractivity contribution in [2.75, 3.05) is 5.73 Å². The van der Waals surface area contributed by atoms with E-state index in [2.05, 4.69) is 0 Å². The van der Waals surface area contributed by atoms with Crippen LogP contribution >= 0.6 is 11.8 Å². The molecular weight excluding hydrogens is 252 g/mol. The molecule has 0 radical (unpaired) electrons. The highest BCUT2D eigenvalue weighted by atomic mass is 32.2. The van der Waals surface area contributed by atoms with Crippen LogP contribution in [0.3, 0.4) is 0 Å². The number of hydrogen-bond acceptors (Lipinski definition) is 5. The number of aryl methyl sites for hydroxylation is 1. The van der Waals surface area contributed by atoms with Gasteiger partial charge in [0.25, 0.3) is 0 Å². The summed E-state index contributed by atoms with van der Waals surface area (Å²) >= 11 is 1.49. The van der Waals surface area contributed by atoms with Crippen LogP contribution in [0.1, 0.15) is 11.3 Å². The number of thioether (sulfide) groups is 1. The Labute approximate surface area is 108 Å². The third-order valence-corrected chi connectivity index (χ3v) is 3.47. The van der Waals surface area contributed by atoms with Crippen molar-refractivity contribution in [2.45, 2.75) is 17.6 Å². The number of hydrogen-bond donors (Lipinski definition) is 1. The molecule has 2 rings (SSSR count). The second-order valence-corrected chi connectivity index (χ2v) is 4.84. The average Bonchev–Trinajstić information content (AvgIpc) is 2.76. The van der Waals surface area contributed by atoms with E-state index in [1.54, 1.807) is 6.07 Å². The van der Waals surface area contributed by atoms with Gasteiger partial charge in [-0.3, -0.25) is 10.1 Å². The summed E-state index contributed by atoms with van der Waals surface area (Å²) in [5, 5.41) is 10.5. The lowest BCUT2D eigenvalue weighted by molar-refractivity contribution is -0.402. The summed E-state index contributed by atoms with van der Waals surface area (Å²) in [6.45, 7) is 1.97. The van der Waals surface area contributed by atoms with E-state index in [0.717, 1.165) is 10.5 Å². The molecule has 2 N–H and O–H groups in total. The van der Waals surface area contributed by atoms with Crippen LogP contribution in [-0.4, -0.2) is 4.92 Å². The van der Waals surface area contributed by atoms with Crippen LogP contribution in [0.4, 0.5) is 11.6 Å². The molecule has 2 aromatic rings. The fourth-order valence-corrected chi connectivity index (χ4v) is 2.33. The first-order valence-electron chi connectivity index (χ1n) is 5.28. The fraction of sp³-hybridized carbons (Fsp3) is 0.167. The van der Waals surface area contributed by atoms with Gasteiger partial charge in [-0.15, -0.1) is 11.8 Å². The van der Waals surface area contributed by atoms with E-state index >= 15 is 0 Å². The molecule has 0 unspecified atom stereocenters. The smallest absolute Gasteiger partial charge is 0.405 e. The lowest BCUT2D eigenvalue weighted by Gasteiger charge is -2.04. The molecule has 0 saturated carbocycles. The molecule has 0 aliphatic heterocycles. The number of benzene rings is 1. The number of nitrogens with two attached hydrogens (primary N) is 1. The van der Waals surface area contributed by atoms with Gasteiger partial charge in [-0.1, -0.05) is 6.07 Å². The van der Waals surface area contributed by atoms with Gasteiger partial charge in [0.1, 0.15) is 10.7 Å². The first-order valence-corrected chi connectivity index (χ1v) is 6.27. The fourth-order valence-electron chi connectivity index (χ4n) is 1.49. The van der Waals surface area contributed by atoms with Crippen molar-refractivity contribution in [3.63, 3.8) is 0 Å². The predicted molar refractivity (Wildman–Crippen MR) is 70.5 cm³/mol. The van der Waals surface area contributed by atoms with Crippen LogP contribution in [0.25, 0.3) is 0 Å². The third-order valence-electron chi connectivity index (χ3n) is 2.36. The second-order valence-electron chi connectivity index (χ2n) is 3.83. The maximum absolute atomic E-state index is 10.5. The highest BCUT2D eigenvalue weighted by molar-refractivity contribution is 7.98. The largest absolute Gasteiger partial charge is 0.433 e. The van der Waals surface area contributed by atoms with E-state index in [1.807, 2.05) is 25.1 Å². The van der Waals surface area contributed by atoms with Gasteiger partial charge in [-0.05, 0) is 30.7 Å². The second kappa shape index (κ2) is 5.14. The van der Waals surface area contributed by atoms with Crippen molar-refractivity contribution in [3.8, 4) is 0 Å². The number of anilines is 1. The molecule has 1 aromatic heterocycles. The van der Waals surface area contributed by atoms with Gasteiger partial charge in [0.2, 0.25) is 0 Å².